The molecule has 0 N–H and O–H groups in total. The average molecular weight is 272 g/mol. The van der Waals surface area contributed by atoms with Crippen molar-refractivity contribution in [3.8, 4) is 0 Å². The maximum absolute atomic E-state index is 12.9. The number of hydrogen-bond acceptors (Lipinski definition) is 2. The Morgan fingerprint density at radius 1 is 1.06 bits per heavy atom. The molecule has 2 fully saturated rings. The molecule has 0 radical (unpaired) electrons. The zero-order valence-electron chi connectivity index (χ0n) is 9.51. The zero-order valence-corrected chi connectivity index (χ0v) is 9.51. The monoisotopic (exact) mass is 272 g/mol. The Labute approximate surface area is 101 Å². The van der Waals surface area contributed by atoms with Crippen LogP contribution in [0.1, 0.15) is 12.8 Å². The number of halogens is 5. The molecule has 2 saturated heterocycles. The molecule has 1 atom stereocenters. The standard InChI is InChI=1S/C10H13F5N2O/c11-9(12,10(13,14)15)8(18)17-5-4-16-3-1-2-7(16)6-17/h7H,1-6H2. The first-order valence-corrected chi connectivity index (χ1v) is 5.71. The van der Waals surface area contributed by atoms with Crippen LogP contribution in [0, 0.1) is 0 Å². The maximum Gasteiger partial charge on any atom is 0.463 e. The van der Waals surface area contributed by atoms with Gasteiger partial charge in [-0.15, -0.1) is 0 Å². The summed E-state index contributed by atoms with van der Waals surface area (Å²) in [5.74, 6) is -7.41. The molecule has 18 heavy (non-hydrogen) atoms. The summed E-state index contributed by atoms with van der Waals surface area (Å²) < 4.78 is 62.1. The van der Waals surface area contributed by atoms with Crippen molar-refractivity contribution in [2.24, 2.45) is 0 Å². The van der Waals surface area contributed by atoms with E-state index in [1.54, 1.807) is 0 Å². The van der Waals surface area contributed by atoms with Gasteiger partial charge in [0.05, 0.1) is 0 Å². The van der Waals surface area contributed by atoms with Crippen molar-refractivity contribution >= 4 is 5.91 Å². The molecule has 0 spiro atoms. The molecule has 0 saturated carbocycles. The highest BCUT2D eigenvalue weighted by Crippen LogP contribution is 2.37. The van der Waals surface area contributed by atoms with E-state index in [4.69, 9.17) is 0 Å². The molecule has 0 aromatic heterocycles. The van der Waals surface area contributed by atoms with Crippen molar-refractivity contribution in [1.29, 1.82) is 0 Å². The number of piperazine rings is 1. The Morgan fingerprint density at radius 2 is 1.72 bits per heavy atom. The Morgan fingerprint density at radius 3 is 2.33 bits per heavy atom. The van der Waals surface area contributed by atoms with E-state index in [0.29, 0.717) is 11.4 Å². The highest BCUT2D eigenvalue weighted by Gasteiger charge is 2.64. The zero-order chi connectivity index (χ0) is 13.6. The molecule has 8 heteroatoms. The van der Waals surface area contributed by atoms with Gasteiger partial charge < -0.3 is 4.90 Å². The normalized spacial score (nSPS) is 26.3. The van der Waals surface area contributed by atoms with E-state index < -0.39 is 18.0 Å². The second kappa shape index (κ2) is 4.32. The van der Waals surface area contributed by atoms with Gasteiger partial charge in [-0.25, -0.2) is 0 Å². The van der Waals surface area contributed by atoms with Gasteiger partial charge in [-0.05, 0) is 19.4 Å². The second-order valence-corrected chi connectivity index (χ2v) is 4.66. The van der Waals surface area contributed by atoms with Crippen LogP contribution in [0.3, 0.4) is 0 Å². The molecule has 2 aliphatic heterocycles. The van der Waals surface area contributed by atoms with Crippen molar-refractivity contribution in [2.45, 2.75) is 31.0 Å². The molecule has 1 amide bonds. The van der Waals surface area contributed by atoms with Crippen LogP contribution >= 0.6 is 0 Å². The van der Waals surface area contributed by atoms with Gasteiger partial charge in [-0.1, -0.05) is 0 Å². The fourth-order valence-electron chi connectivity index (χ4n) is 2.50. The fraction of sp³-hybridized carbons (Fsp3) is 0.900. The summed E-state index contributed by atoms with van der Waals surface area (Å²) in [5.41, 5.74) is 0. The molecule has 1 unspecified atom stereocenters. The first-order valence-electron chi connectivity index (χ1n) is 5.71. The molecular weight excluding hydrogens is 259 g/mol. The Kier molecular flexibility index (Phi) is 3.25. The van der Waals surface area contributed by atoms with E-state index in [-0.39, 0.29) is 19.1 Å². The lowest BCUT2D eigenvalue weighted by Crippen LogP contribution is -2.59. The Balaban J connectivity index is 2.06. The van der Waals surface area contributed by atoms with Crippen LogP contribution in [0.5, 0.6) is 0 Å². The van der Waals surface area contributed by atoms with E-state index >= 15 is 0 Å². The second-order valence-electron chi connectivity index (χ2n) is 4.66. The smallest absolute Gasteiger partial charge is 0.334 e. The lowest BCUT2D eigenvalue weighted by molar-refractivity contribution is -0.275. The molecule has 104 valence electrons. The van der Waals surface area contributed by atoms with Crippen LogP contribution < -0.4 is 0 Å². The van der Waals surface area contributed by atoms with Gasteiger partial charge in [0.1, 0.15) is 0 Å². The quantitative estimate of drug-likeness (QED) is 0.675. The van der Waals surface area contributed by atoms with Crippen molar-refractivity contribution < 1.29 is 26.7 Å². The SMILES string of the molecule is O=C(N1CCN2CCCC2C1)C(F)(F)C(F)(F)F. The molecule has 0 aromatic rings. The highest BCUT2D eigenvalue weighted by atomic mass is 19.4. The van der Waals surface area contributed by atoms with E-state index in [2.05, 4.69) is 0 Å². The number of hydrogen-bond donors (Lipinski definition) is 0. The van der Waals surface area contributed by atoms with E-state index in [1.807, 2.05) is 4.90 Å². The minimum absolute atomic E-state index is 0.0372. The third-order valence-electron chi connectivity index (χ3n) is 3.50. The molecule has 0 aliphatic carbocycles. The van der Waals surface area contributed by atoms with E-state index in [0.717, 1.165) is 19.4 Å². The summed E-state index contributed by atoms with van der Waals surface area (Å²) in [6, 6.07) is -0.0771. The predicted octanol–water partition coefficient (Wildman–Crippen LogP) is 1.49. The summed E-state index contributed by atoms with van der Waals surface area (Å²) >= 11 is 0. The molecule has 3 nitrogen and oxygen atoms in total. The van der Waals surface area contributed by atoms with Crippen LogP contribution in [0.25, 0.3) is 0 Å². The van der Waals surface area contributed by atoms with Gasteiger partial charge in [0, 0.05) is 25.7 Å². The largest absolute Gasteiger partial charge is 0.463 e. The molecule has 2 aliphatic rings. The van der Waals surface area contributed by atoms with Crippen LogP contribution in [0.15, 0.2) is 0 Å². The van der Waals surface area contributed by atoms with Crippen molar-refractivity contribution in [3.63, 3.8) is 0 Å². The maximum atomic E-state index is 12.9. The summed E-state index contributed by atoms with van der Waals surface area (Å²) in [5, 5.41) is 0. The number of amides is 1. The number of carbonyl (C=O) groups is 1. The number of alkyl halides is 5. The van der Waals surface area contributed by atoms with E-state index in [9.17, 15) is 26.7 Å². The van der Waals surface area contributed by atoms with Gasteiger partial charge in [0.25, 0.3) is 0 Å². The fourth-order valence-corrected chi connectivity index (χ4v) is 2.50. The third-order valence-corrected chi connectivity index (χ3v) is 3.50. The molecular formula is C10H13F5N2O. The van der Waals surface area contributed by atoms with E-state index in [1.165, 1.54) is 0 Å². The minimum atomic E-state index is -5.82. The molecule has 0 aromatic carbocycles. The summed E-state index contributed by atoms with van der Waals surface area (Å²) in [4.78, 5) is 14.0. The minimum Gasteiger partial charge on any atom is -0.334 e. The van der Waals surface area contributed by atoms with Gasteiger partial charge in [0.2, 0.25) is 0 Å². The number of carbonyl (C=O) groups excluding carboxylic acids is 1. The van der Waals surface area contributed by atoms with Crippen molar-refractivity contribution in [1.82, 2.24) is 9.80 Å². The van der Waals surface area contributed by atoms with Crippen molar-refractivity contribution in [2.75, 3.05) is 26.2 Å². The highest BCUT2D eigenvalue weighted by molar-refractivity contribution is 5.84. The van der Waals surface area contributed by atoms with Gasteiger partial charge in [-0.2, -0.15) is 22.0 Å². The first kappa shape index (κ1) is 13.5. The van der Waals surface area contributed by atoms with Gasteiger partial charge >= 0.3 is 18.0 Å². The lowest BCUT2D eigenvalue weighted by atomic mass is 10.1. The molecule has 0 bridgehead atoms. The van der Waals surface area contributed by atoms with Crippen LogP contribution in [-0.4, -0.2) is 60.0 Å². The number of nitrogens with zero attached hydrogens (tertiary/aromatic N) is 2. The first-order chi connectivity index (χ1) is 8.23. The summed E-state index contributed by atoms with van der Waals surface area (Å²) in [7, 11) is 0. The van der Waals surface area contributed by atoms with Gasteiger partial charge in [-0.3, -0.25) is 9.69 Å². The van der Waals surface area contributed by atoms with Crippen LogP contribution in [0.2, 0.25) is 0 Å². The van der Waals surface area contributed by atoms with Crippen molar-refractivity contribution in [3.05, 3.63) is 0 Å². The predicted molar refractivity (Wildman–Crippen MR) is 52.2 cm³/mol. The molecule has 2 rings (SSSR count). The summed E-state index contributed by atoms with van der Waals surface area (Å²) in [6.07, 6.45) is -4.19. The topological polar surface area (TPSA) is 23.6 Å². The van der Waals surface area contributed by atoms with Crippen LogP contribution in [-0.2, 0) is 4.79 Å². The third kappa shape index (κ3) is 2.17. The summed E-state index contributed by atoms with van der Waals surface area (Å²) in [6.45, 7) is 1.08. The van der Waals surface area contributed by atoms with Gasteiger partial charge in [0.15, 0.2) is 0 Å². The lowest BCUT2D eigenvalue weighted by Gasteiger charge is -2.38. The molecule has 2 heterocycles. The Bertz CT molecular complexity index is 344. The average Bonchev–Trinajstić information content (AvgIpc) is 2.73. The number of rotatable bonds is 1. The van der Waals surface area contributed by atoms with Crippen LogP contribution in [0.4, 0.5) is 22.0 Å². The number of fused-ring (bicyclic) bond motifs is 1. The Hall–Kier alpha value is -0.920.